The summed E-state index contributed by atoms with van der Waals surface area (Å²) >= 11 is 23.9. The maximum Gasteiger partial charge on any atom is 0.177 e. The fraction of sp³-hybridized carbons (Fsp3) is 0.0952. The third-order valence-electron chi connectivity index (χ3n) is 4.50. The van der Waals surface area contributed by atoms with Gasteiger partial charge in [-0.05, 0) is 36.0 Å². The van der Waals surface area contributed by atoms with Crippen LogP contribution in [-0.2, 0) is 13.1 Å². The second-order valence-electron chi connectivity index (χ2n) is 6.79. The molecule has 0 aliphatic carbocycles. The predicted octanol–water partition coefficient (Wildman–Crippen LogP) is 6.08. The number of anilines is 2. The number of aromatic nitrogens is 4. The molecule has 0 bridgehead atoms. The molecule has 2 aromatic carbocycles. The zero-order valence-electron chi connectivity index (χ0n) is 16.4. The molecule has 4 aromatic rings. The summed E-state index contributed by atoms with van der Waals surface area (Å²) in [7, 11) is 0. The lowest BCUT2D eigenvalue weighted by molar-refractivity contribution is 0.586. The minimum absolute atomic E-state index is 0.125. The molecule has 11 heteroatoms. The van der Waals surface area contributed by atoms with Gasteiger partial charge < -0.3 is 10.6 Å². The molecule has 6 nitrogen and oxygen atoms in total. The predicted molar refractivity (Wildman–Crippen MR) is 130 cm³/mol. The molecule has 0 radical (unpaired) electrons. The molecule has 2 heterocycles. The lowest BCUT2D eigenvalue weighted by Crippen LogP contribution is -2.20. The van der Waals surface area contributed by atoms with Crippen LogP contribution in [0.5, 0.6) is 0 Å². The Balaban J connectivity index is 1.39. The Morgan fingerprint density at radius 1 is 0.875 bits per heavy atom. The van der Waals surface area contributed by atoms with Crippen molar-refractivity contribution in [3.05, 3.63) is 92.9 Å². The summed E-state index contributed by atoms with van der Waals surface area (Å²) in [6, 6.07) is 13.9. The van der Waals surface area contributed by atoms with Gasteiger partial charge in [0.2, 0.25) is 0 Å². The zero-order chi connectivity index (χ0) is 22.7. The van der Waals surface area contributed by atoms with E-state index in [1.807, 2.05) is 30.5 Å². The molecule has 0 saturated heterocycles. The van der Waals surface area contributed by atoms with Gasteiger partial charge in [-0.25, -0.2) is 4.39 Å². The molecule has 0 spiro atoms. The van der Waals surface area contributed by atoms with Crippen molar-refractivity contribution < 1.29 is 4.39 Å². The Morgan fingerprint density at radius 2 is 1.66 bits per heavy atom. The first kappa shape index (κ1) is 22.5. The van der Waals surface area contributed by atoms with Gasteiger partial charge in [-0.1, -0.05) is 59.1 Å². The Morgan fingerprint density at radius 3 is 2.44 bits per heavy atom. The molecule has 0 fully saturated rings. The van der Waals surface area contributed by atoms with Crippen molar-refractivity contribution in [3.8, 4) is 0 Å². The summed E-state index contributed by atoms with van der Waals surface area (Å²) in [5.41, 5.74) is 1.28. The van der Waals surface area contributed by atoms with Crippen LogP contribution < -0.4 is 10.6 Å². The van der Waals surface area contributed by atoms with Crippen LogP contribution in [0.2, 0.25) is 15.1 Å². The van der Waals surface area contributed by atoms with E-state index in [4.69, 9.17) is 47.0 Å². The van der Waals surface area contributed by atoms with Crippen molar-refractivity contribution in [2.45, 2.75) is 13.1 Å². The minimum atomic E-state index is -0.414. The van der Waals surface area contributed by atoms with E-state index in [0.29, 0.717) is 38.8 Å². The van der Waals surface area contributed by atoms with Crippen LogP contribution in [-0.4, -0.2) is 24.7 Å². The molecule has 0 unspecified atom stereocenters. The highest BCUT2D eigenvalue weighted by molar-refractivity contribution is 7.80. The van der Waals surface area contributed by atoms with E-state index in [9.17, 15) is 4.39 Å². The van der Waals surface area contributed by atoms with Gasteiger partial charge in [0.15, 0.2) is 16.7 Å². The SMILES string of the molecule is Fc1cccc(Cl)c1Cn1cc(Cl)c(NC(=S)Nc2ccn(Cc3ccccc3Cl)n2)n1. The topological polar surface area (TPSA) is 59.7 Å². The molecule has 0 aliphatic rings. The van der Waals surface area contributed by atoms with Crippen molar-refractivity contribution in [3.63, 3.8) is 0 Å². The largest absolute Gasteiger partial charge is 0.316 e. The van der Waals surface area contributed by atoms with E-state index >= 15 is 0 Å². The van der Waals surface area contributed by atoms with Crippen LogP contribution in [0, 0.1) is 5.82 Å². The van der Waals surface area contributed by atoms with Crippen molar-refractivity contribution in [1.29, 1.82) is 0 Å². The molecule has 2 N–H and O–H groups in total. The van der Waals surface area contributed by atoms with Gasteiger partial charge in [0.1, 0.15) is 10.8 Å². The summed E-state index contributed by atoms with van der Waals surface area (Å²) < 4.78 is 17.3. The first-order valence-corrected chi connectivity index (χ1v) is 10.9. The van der Waals surface area contributed by atoms with Crippen LogP contribution in [0.25, 0.3) is 0 Å². The molecule has 164 valence electrons. The maximum absolute atomic E-state index is 14.0. The second kappa shape index (κ2) is 9.87. The molecule has 0 aliphatic heterocycles. The Bertz CT molecular complexity index is 1250. The van der Waals surface area contributed by atoms with Gasteiger partial charge in [-0.3, -0.25) is 9.36 Å². The molecular formula is C21H16Cl3FN6S. The third kappa shape index (κ3) is 5.39. The van der Waals surface area contributed by atoms with Crippen LogP contribution in [0.3, 0.4) is 0 Å². The lowest BCUT2D eigenvalue weighted by atomic mass is 10.2. The van der Waals surface area contributed by atoms with Crippen LogP contribution in [0.4, 0.5) is 16.0 Å². The molecule has 0 saturated carbocycles. The lowest BCUT2D eigenvalue weighted by Gasteiger charge is -2.08. The van der Waals surface area contributed by atoms with E-state index in [2.05, 4.69) is 20.8 Å². The first-order valence-electron chi connectivity index (χ1n) is 9.40. The van der Waals surface area contributed by atoms with Crippen molar-refractivity contribution in [1.82, 2.24) is 19.6 Å². The van der Waals surface area contributed by atoms with Crippen molar-refractivity contribution in [2.24, 2.45) is 0 Å². The number of benzene rings is 2. The highest BCUT2D eigenvalue weighted by Crippen LogP contribution is 2.24. The van der Waals surface area contributed by atoms with Gasteiger partial charge >= 0.3 is 0 Å². The van der Waals surface area contributed by atoms with Crippen LogP contribution >= 0.6 is 47.0 Å². The third-order valence-corrected chi connectivity index (χ3v) is 5.71. The average molecular weight is 510 g/mol. The summed E-state index contributed by atoms with van der Waals surface area (Å²) in [6.45, 7) is 0.649. The fourth-order valence-corrected chi connectivity index (χ4v) is 3.80. The molecule has 0 amide bonds. The van der Waals surface area contributed by atoms with E-state index in [1.165, 1.54) is 10.7 Å². The summed E-state index contributed by atoms with van der Waals surface area (Å²) in [5.74, 6) is 0.457. The zero-order valence-corrected chi connectivity index (χ0v) is 19.5. The fourth-order valence-electron chi connectivity index (χ4n) is 2.98. The molecule has 32 heavy (non-hydrogen) atoms. The van der Waals surface area contributed by atoms with Crippen molar-refractivity contribution in [2.75, 3.05) is 10.6 Å². The average Bonchev–Trinajstić information content (AvgIpc) is 3.32. The van der Waals surface area contributed by atoms with Crippen LogP contribution in [0.15, 0.2) is 60.9 Å². The molecule has 0 atom stereocenters. The molecular weight excluding hydrogens is 494 g/mol. The quantitative estimate of drug-likeness (QED) is 0.308. The van der Waals surface area contributed by atoms with E-state index in [0.717, 1.165) is 5.56 Å². The van der Waals surface area contributed by atoms with Crippen LogP contribution in [0.1, 0.15) is 11.1 Å². The van der Waals surface area contributed by atoms with E-state index < -0.39 is 5.82 Å². The highest BCUT2D eigenvalue weighted by Gasteiger charge is 2.13. The second-order valence-corrected chi connectivity index (χ2v) is 8.42. The first-order chi connectivity index (χ1) is 15.4. The maximum atomic E-state index is 14.0. The molecule has 2 aromatic heterocycles. The summed E-state index contributed by atoms with van der Waals surface area (Å²) in [4.78, 5) is 0. The molecule has 4 rings (SSSR count). The van der Waals surface area contributed by atoms with Gasteiger partial charge in [-0.2, -0.15) is 10.2 Å². The van der Waals surface area contributed by atoms with Gasteiger partial charge in [0.05, 0.1) is 13.1 Å². The number of thiocarbonyl (C=S) groups is 1. The Kier molecular flexibility index (Phi) is 6.95. The minimum Gasteiger partial charge on any atom is -0.316 e. The number of nitrogens with one attached hydrogen (secondary N) is 2. The number of hydrogen-bond donors (Lipinski definition) is 2. The smallest absolute Gasteiger partial charge is 0.177 e. The number of hydrogen-bond acceptors (Lipinski definition) is 3. The van der Waals surface area contributed by atoms with E-state index in [1.54, 1.807) is 29.1 Å². The Hall–Kier alpha value is -2.65. The normalized spacial score (nSPS) is 10.9. The van der Waals surface area contributed by atoms with E-state index in [-0.39, 0.29) is 11.7 Å². The van der Waals surface area contributed by atoms with Gasteiger partial charge in [0.25, 0.3) is 0 Å². The monoisotopic (exact) mass is 508 g/mol. The highest BCUT2D eigenvalue weighted by atomic mass is 35.5. The summed E-state index contributed by atoms with van der Waals surface area (Å²) in [5, 5.41) is 16.2. The number of rotatable bonds is 6. The Labute approximate surface area is 203 Å². The van der Waals surface area contributed by atoms with Gasteiger partial charge in [-0.15, -0.1) is 0 Å². The number of halogens is 4. The van der Waals surface area contributed by atoms with Gasteiger partial charge in [0, 0.05) is 34.1 Å². The number of nitrogens with zero attached hydrogens (tertiary/aromatic N) is 4. The standard InChI is InChI=1S/C21H16Cl3FN6S/c22-15-5-2-1-4-13(15)10-30-9-8-19(28-30)26-21(32)27-20-17(24)12-31(29-20)11-14-16(23)6-3-7-18(14)25/h1-9,12H,10-11H2,(H2,26,27,28,29,32). The summed E-state index contributed by atoms with van der Waals surface area (Å²) in [6.07, 6.45) is 3.38. The van der Waals surface area contributed by atoms with Crippen molar-refractivity contribution >= 4 is 63.8 Å².